The van der Waals surface area contributed by atoms with Crippen molar-refractivity contribution in [3.63, 3.8) is 0 Å². The number of aliphatic hydroxyl groups excluding tert-OH is 1. The molecular weight excluding hydrogens is 314 g/mol. The van der Waals surface area contributed by atoms with Crippen molar-refractivity contribution in [1.29, 1.82) is 0 Å². The highest BCUT2D eigenvalue weighted by molar-refractivity contribution is 5.80. The van der Waals surface area contributed by atoms with E-state index in [9.17, 15) is 5.11 Å². The average Bonchev–Trinajstić information content (AvgIpc) is 2.89. The maximum absolute atomic E-state index is 9.74. The molecule has 1 aromatic heterocycles. The van der Waals surface area contributed by atoms with Crippen LogP contribution in [0, 0.1) is 0 Å². The summed E-state index contributed by atoms with van der Waals surface area (Å²) in [7, 11) is 0. The molecule has 3 rings (SSSR count). The fourth-order valence-corrected chi connectivity index (χ4v) is 3.52. The summed E-state index contributed by atoms with van der Waals surface area (Å²) in [6.45, 7) is 7.27. The van der Waals surface area contributed by atoms with Crippen LogP contribution in [0.5, 0.6) is 0 Å². The van der Waals surface area contributed by atoms with Crippen LogP contribution in [-0.2, 0) is 6.54 Å². The molecule has 1 atom stereocenters. The van der Waals surface area contributed by atoms with Gasteiger partial charge in [-0.1, -0.05) is 18.9 Å². The molecule has 0 amide bonds. The minimum absolute atomic E-state index is 0.238. The Hall–Kier alpha value is -1.82. The Balaban J connectivity index is 1.61. The average molecular weight is 345 g/mol. The Bertz CT molecular complexity index is 551. The maximum Gasteiger partial charge on any atom is 0.194 e. The highest BCUT2D eigenvalue weighted by Gasteiger charge is 2.22. The van der Waals surface area contributed by atoms with Crippen LogP contribution in [0.1, 0.15) is 44.6 Å². The molecule has 2 saturated heterocycles. The number of guanidine groups is 1. The fourth-order valence-electron chi connectivity index (χ4n) is 3.52. The molecule has 0 radical (unpaired) electrons. The van der Waals surface area contributed by atoms with Crippen LogP contribution in [0.2, 0.25) is 0 Å². The van der Waals surface area contributed by atoms with Gasteiger partial charge >= 0.3 is 0 Å². The molecule has 25 heavy (non-hydrogen) atoms. The largest absolute Gasteiger partial charge is 0.391 e. The second-order valence-corrected chi connectivity index (χ2v) is 6.98. The summed E-state index contributed by atoms with van der Waals surface area (Å²) in [5, 5.41) is 13.1. The summed E-state index contributed by atoms with van der Waals surface area (Å²) < 4.78 is 0. The number of aliphatic imine (C=N–C) groups is 1. The lowest BCUT2D eigenvalue weighted by Gasteiger charge is -2.22. The van der Waals surface area contributed by atoms with Gasteiger partial charge in [0, 0.05) is 38.9 Å². The molecule has 0 unspecified atom stereocenters. The van der Waals surface area contributed by atoms with Crippen LogP contribution < -0.4 is 10.2 Å². The number of nitrogens with one attached hydrogen (secondary N) is 1. The van der Waals surface area contributed by atoms with E-state index in [1.165, 1.54) is 25.7 Å². The first-order valence-corrected chi connectivity index (χ1v) is 9.67. The molecule has 2 aliphatic heterocycles. The minimum atomic E-state index is -0.238. The van der Waals surface area contributed by atoms with Crippen molar-refractivity contribution in [3.05, 3.63) is 23.9 Å². The third-order valence-electron chi connectivity index (χ3n) is 4.95. The van der Waals surface area contributed by atoms with Gasteiger partial charge in [-0.25, -0.2) is 9.98 Å². The third kappa shape index (κ3) is 5.08. The molecule has 6 heteroatoms. The van der Waals surface area contributed by atoms with E-state index in [4.69, 9.17) is 4.99 Å². The van der Waals surface area contributed by atoms with Crippen LogP contribution in [0.15, 0.2) is 23.3 Å². The van der Waals surface area contributed by atoms with E-state index in [1.54, 1.807) is 0 Å². The molecule has 1 aromatic rings. The van der Waals surface area contributed by atoms with Gasteiger partial charge in [0.05, 0.1) is 12.6 Å². The van der Waals surface area contributed by atoms with Crippen LogP contribution in [0.25, 0.3) is 0 Å². The highest BCUT2D eigenvalue weighted by atomic mass is 16.3. The van der Waals surface area contributed by atoms with E-state index >= 15 is 0 Å². The van der Waals surface area contributed by atoms with Crippen LogP contribution in [0.4, 0.5) is 5.82 Å². The van der Waals surface area contributed by atoms with Gasteiger partial charge in [0.15, 0.2) is 5.96 Å². The molecule has 2 N–H and O–H groups in total. The number of nitrogens with zero attached hydrogens (tertiary/aromatic N) is 4. The molecule has 3 heterocycles. The zero-order valence-corrected chi connectivity index (χ0v) is 15.3. The van der Waals surface area contributed by atoms with E-state index in [2.05, 4.69) is 39.2 Å². The Morgan fingerprint density at radius 3 is 2.64 bits per heavy atom. The van der Waals surface area contributed by atoms with E-state index in [1.807, 2.05) is 6.20 Å². The summed E-state index contributed by atoms with van der Waals surface area (Å²) in [6, 6.07) is 4.27. The van der Waals surface area contributed by atoms with Crippen molar-refractivity contribution in [3.8, 4) is 0 Å². The maximum atomic E-state index is 9.74. The number of anilines is 1. The lowest BCUT2D eigenvalue weighted by Crippen LogP contribution is -2.40. The Morgan fingerprint density at radius 1 is 1.24 bits per heavy atom. The first-order chi connectivity index (χ1) is 12.3. The molecule has 0 aromatic carbocycles. The molecule has 0 bridgehead atoms. The summed E-state index contributed by atoms with van der Waals surface area (Å²) in [6.07, 6.45) is 7.73. The second-order valence-electron chi connectivity index (χ2n) is 6.98. The normalized spacial score (nSPS) is 22.2. The number of pyridine rings is 1. The van der Waals surface area contributed by atoms with Gasteiger partial charge in [-0.2, -0.15) is 0 Å². The molecule has 2 aliphatic rings. The number of β-amino-alcohol motifs (C(OH)–C–C–N with tert-alkyl or cyclic N) is 1. The Labute approximate surface area is 151 Å². The molecule has 6 nitrogen and oxygen atoms in total. The van der Waals surface area contributed by atoms with Crippen molar-refractivity contribution >= 4 is 11.8 Å². The zero-order valence-electron chi connectivity index (χ0n) is 15.3. The number of rotatable bonds is 4. The summed E-state index contributed by atoms with van der Waals surface area (Å²) in [4.78, 5) is 13.9. The zero-order chi connectivity index (χ0) is 17.5. The van der Waals surface area contributed by atoms with Crippen molar-refractivity contribution in [2.75, 3.05) is 37.6 Å². The number of aliphatic hydroxyl groups is 1. The van der Waals surface area contributed by atoms with E-state index in [0.29, 0.717) is 13.1 Å². The predicted octanol–water partition coefficient (Wildman–Crippen LogP) is 1.99. The third-order valence-corrected chi connectivity index (χ3v) is 4.95. The number of aromatic nitrogens is 1. The van der Waals surface area contributed by atoms with Crippen LogP contribution >= 0.6 is 0 Å². The molecule has 0 saturated carbocycles. The van der Waals surface area contributed by atoms with Gasteiger partial charge < -0.3 is 20.2 Å². The van der Waals surface area contributed by atoms with E-state index in [-0.39, 0.29) is 6.10 Å². The quantitative estimate of drug-likeness (QED) is 0.645. The van der Waals surface area contributed by atoms with Gasteiger partial charge in [-0.3, -0.25) is 0 Å². The Kier molecular flexibility index (Phi) is 6.50. The van der Waals surface area contributed by atoms with Crippen molar-refractivity contribution in [2.24, 2.45) is 4.99 Å². The lowest BCUT2D eigenvalue weighted by atomic mass is 10.2. The minimum Gasteiger partial charge on any atom is -0.391 e. The number of hydrogen-bond donors (Lipinski definition) is 2. The van der Waals surface area contributed by atoms with Gasteiger partial charge in [-0.15, -0.1) is 0 Å². The number of likely N-dealkylation sites (tertiary alicyclic amines) is 1. The van der Waals surface area contributed by atoms with Crippen molar-refractivity contribution in [1.82, 2.24) is 15.2 Å². The van der Waals surface area contributed by atoms with Crippen molar-refractivity contribution in [2.45, 2.75) is 51.7 Å². The topological polar surface area (TPSA) is 64.0 Å². The smallest absolute Gasteiger partial charge is 0.194 e. The SMILES string of the molecule is CCNC(=NCc1ccc(N2CCCCCC2)nc1)N1CC[C@@H](O)C1. The first kappa shape index (κ1) is 18.0. The molecule has 2 fully saturated rings. The van der Waals surface area contributed by atoms with Crippen LogP contribution in [0.3, 0.4) is 0 Å². The first-order valence-electron chi connectivity index (χ1n) is 9.67. The molecule has 0 aliphatic carbocycles. The second kappa shape index (κ2) is 9.04. The van der Waals surface area contributed by atoms with Gasteiger partial charge in [0.1, 0.15) is 5.82 Å². The summed E-state index contributed by atoms with van der Waals surface area (Å²) >= 11 is 0. The van der Waals surface area contributed by atoms with Gasteiger partial charge in [-0.05, 0) is 37.8 Å². The van der Waals surface area contributed by atoms with Crippen LogP contribution in [-0.4, -0.2) is 59.8 Å². The molecule has 0 spiro atoms. The van der Waals surface area contributed by atoms with E-state index in [0.717, 1.165) is 49.9 Å². The predicted molar refractivity (Wildman–Crippen MR) is 102 cm³/mol. The molecular formula is C19H31N5O. The Morgan fingerprint density at radius 2 is 2.04 bits per heavy atom. The molecule has 138 valence electrons. The van der Waals surface area contributed by atoms with Gasteiger partial charge in [0.2, 0.25) is 0 Å². The standard InChI is InChI=1S/C19H31N5O/c1-2-20-19(24-12-9-17(25)15-24)22-14-16-7-8-18(21-13-16)23-10-5-3-4-6-11-23/h7-8,13,17,25H,2-6,9-12,14-15H2,1H3,(H,20,22)/t17-/m1/s1. The highest BCUT2D eigenvalue weighted by Crippen LogP contribution is 2.18. The summed E-state index contributed by atoms with van der Waals surface area (Å²) in [5.41, 5.74) is 1.12. The number of hydrogen-bond acceptors (Lipinski definition) is 4. The fraction of sp³-hybridized carbons (Fsp3) is 0.684. The monoisotopic (exact) mass is 345 g/mol. The van der Waals surface area contributed by atoms with E-state index < -0.39 is 0 Å². The van der Waals surface area contributed by atoms with Gasteiger partial charge in [0.25, 0.3) is 0 Å². The van der Waals surface area contributed by atoms with Crippen molar-refractivity contribution < 1.29 is 5.11 Å². The lowest BCUT2D eigenvalue weighted by molar-refractivity contribution is 0.188. The summed E-state index contributed by atoms with van der Waals surface area (Å²) in [5.74, 6) is 1.97.